The maximum atomic E-state index is 12.2. The van der Waals surface area contributed by atoms with E-state index in [4.69, 9.17) is 4.74 Å². The molecule has 0 atom stereocenters. The van der Waals surface area contributed by atoms with Crippen LogP contribution >= 0.6 is 0 Å². The normalized spacial score (nSPS) is 14.1. The lowest BCUT2D eigenvalue weighted by molar-refractivity contribution is 0.415. The minimum atomic E-state index is 0.0522. The fourth-order valence-electron chi connectivity index (χ4n) is 2.19. The molecule has 2 heterocycles. The monoisotopic (exact) mass is 216 g/mol. The highest BCUT2D eigenvalue weighted by Crippen LogP contribution is 2.19. The van der Waals surface area contributed by atoms with Crippen molar-refractivity contribution >= 4 is 10.9 Å². The van der Waals surface area contributed by atoms with Crippen molar-refractivity contribution in [1.82, 2.24) is 9.55 Å². The standard InChI is InChI=1S/C12H12N2O2/c1-16-8-4-5-10-9(7-8)12(15)14-6-2-3-11(14)13-10/h4-5,7H,2-3,6H2,1H3. The molecule has 4 nitrogen and oxygen atoms in total. The molecule has 0 unspecified atom stereocenters. The minimum Gasteiger partial charge on any atom is -0.497 e. The van der Waals surface area contributed by atoms with Crippen molar-refractivity contribution in [1.29, 1.82) is 0 Å². The predicted molar refractivity (Wildman–Crippen MR) is 60.9 cm³/mol. The Balaban J connectivity index is 2.38. The van der Waals surface area contributed by atoms with Crippen molar-refractivity contribution in [3.8, 4) is 5.75 Å². The van der Waals surface area contributed by atoms with Gasteiger partial charge in [-0.3, -0.25) is 9.36 Å². The number of aromatic nitrogens is 2. The average Bonchev–Trinajstić information content (AvgIpc) is 2.77. The van der Waals surface area contributed by atoms with E-state index < -0.39 is 0 Å². The van der Waals surface area contributed by atoms with Gasteiger partial charge in [0.25, 0.3) is 5.56 Å². The van der Waals surface area contributed by atoms with Crippen molar-refractivity contribution < 1.29 is 4.74 Å². The fraction of sp³-hybridized carbons (Fsp3) is 0.333. The Bertz CT molecular complexity index is 616. The van der Waals surface area contributed by atoms with Gasteiger partial charge in [0.15, 0.2) is 0 Å². The Kier molecular flexibility index (Phi) is 1.96. The van der Waals surface area contributed by atoms with Gasteiger partial charge in [-0.05, 0) is 24.6 Å². The van der Waals surface area contributed by atoms with Crippen LogP contribution in [0.1, 0.15) is 12.2 Å². The Morgan fingerprint density at radius 3 is 3.12 bits per heavy atom. The van der Waals surface area contributed by atoms with E-state index in [1.807, 2.05) is 12.1 Å². The molecule has 2 aromatic rings. The summed E-state index contributed by atoms with van der Waals surface area (Å²) >= 11 is 0. The molecule has 0 bridgehead atoms. The summed E-state index contributed by atoms with van der Waals surface area (Å²) in [4.78, 5) is 16.7. The summed E-state index contributed by atoms with van der Waals surface area (Å²) in [6.07, 6.45) is 1.91. The number of methoxy groups -OCH3 is 1. The van der Waals surface area contributed by atoms with Gasteiger partial charge < -0.3 is 4.74 Å². The molecule has 0 fully saturated rings. The van der Waals surface area contributed by atoms with Crippen LogP contribution in [-0.4, -0.2) is 16.7 Å². The van der Waals surface area contributed by atoms with Crippen LogP contribution in [0.5, 0.6) is 5.75 Å². The highest BCUT2D eigenvalue weighted by atomic mass is 16.5. The molecule has 1 aromatic heterocycles. The van der Waals surface area contributed by atoms with Crippen molar-refractivity contribution in [2.24, 2.45) is 0 Å². The summed E-state index contributed by atoms with van der Waals surface area (Å²) in [5.41, 5.74) is 0.815. The van der Waals surface area contributed by atoms with Crippen LogP contribution in [0.2, 0.25) is 0 Å². The number of hydrogen-bond acceptors (Lipinski definition) is 3. The Hall–Kier alpha value is -1.84. The van der Waals surface area contributed by atoms with Gasteiger partial charge in [-0.15, -0.1) is 0 Å². The topological polar surface area (TPSA) is 44.1 Å². The van der Waals surface area contributed by atoms with Crippen molar-refractivity contribution in [2.75, 3.05) is 7.11 Å². The molecule has 1 aromatic carbocycles. The first-order valence-electron chi connectivity index (χ1n) is 5.37. The number of nitrogens with zero attached hydrogens (tertiary/aromatic N) is 2. The van der Waals surface area contributed by atoms with Gasteiger partial charge in [-0.2, -0.15) is 0 Å². The van der Waals surface area contributed by atoms with Crippen LogP contribution in [0.3, 0.4) is 0 Å². The first-order chi connectivity index (χ1) is 7.79. The summed E-state index contributed by atoms with van der Waals surface area (Å²) < 4.78 is 6.89. The van der Waals surface area contributed by atoms with E-state index in [1.165, 1.54) is 0 Å². The highest BCUT2D eigenvalue weighted by molar-refractivity contribution is 5.79. The second-order valence-electron chi connectivity index (χ2n) is 3.97. The smallest absolute Gasteiger partial charge is 0.261 e. The molecule has 0 N–H and O–H groups in total. The second kappa shape index (κ2) is 3.33. The first-order valence-corrected chi connectivity index (χ1v) is 5.37. The molecule has 1 aliphatic rings. The molecule has 4 heteroatoms. The zero-order valence-electron chi connectivity index (χ0n) is 9.06. The van der Waals surface area contributed by atoms with E-state index in [0.717, 1.165) is 30.7 Å². The number of fused-ring (bicyclic) bond motifs is 2. The highest BCUT2D eigenvalue weighted by Gasteiger charge is 2.15. The summed E-state index contributed by atoms with van der Waals surface area (Å²) in [5, 5.41) is 0.644. The third-order valence-corrected chi connectivity index (χ3v) is 3.02. The van der Waals surface area contributed by atoms with Gasteiger partial charge in [-0.25, -0.2) is 4.98 Å². The van der Waals surface area contributed by atoms with Crippen LogP contribution in [0.15, 0.2) is 23.0 Å². The molecule has 0 aliphatic carbocycles. The van der Waals surface area contributed by atoms with Crippen LogP contribution in [0.4, 0.5) is 0 Å². The van der Waals surface area contributed by atoms with Gasteiger partial charge in [-0.1, -0.05) is 0 Å². The molecule has 82 valence electrons. The maximum Gasteiger partial charge on any atom is 0.261 e. The largest absolute Gasteiger partial charge is 0.497 e. The lowest BCUT2D eigenvalue weighted by atomic mass is 10.2. The summed E-state index contributed by atoms with van der Waals surface area (Å²) in [6, 6.07) is 5.44. The zero-order chi connectivity index (χ0) is 11.1. The molecule has 0 spiro atoms. The van der Waals surface area contributed by atoms with Gasteiger partial charge in [0.2, 0.25) is 0 Å². The molecule has 1 aliphatic heterocycles. The zero-order valence-corrected chi connectivity index (χ0v) is 9.06. The fourth-order valence-corrected chi connectivity index (χ4v) is 2.19. The molecule has 3 rings (SSSR count). The Morgan fingerprint density at radius 2 is 2.31 bits per heavy atom. The first kappa shape index (κ1) is 9.39. The van der Waals surface area contributed by atoms with E-state index in [-0.39, 0.29) is 5.56 Å². The summed E-state index contributed by atoms with van der Waals surface area (Å²) in [7, 11) is 1.60. The molecule has 16 heavy (non-hydrogen) atoms. The van der Waals surface area contributed by atoms with Crippen molar-refractivity contribution in [2.45, 2.75) is 19.4 Å². The van der Waals surface area contributed by atoms with Crippen LogP contribution < -0.4 is 10.3 Å². The number of hydrogen-bond donors (Lipinski definition) is 0. The van der Waals surface area contributed by atoms with E-state index in [2.05, 4.69) is 4.98 Å². The van der Waals surface area contributed by atoms with Gasteiger partial charge in [0.1, 0.15) is 11.6 Å². The number of rotatable bonds is 1. The molecule has 0 saturated carbocycles. The van der Waals surface area contributed by atoms with E-state index in [9.17, 15) is 4.79 Å². The molecule has 0 amide bonds. The summed E-state index contributed by atoms with van der Waals surface area (Å²) in [6.45, 7) is 0.786. The summed E-state index contributed by atoms with van der Waals surface area (Å²) in [5.74, 6) is 1.60. The quantitative estimate of drug-likeness (QED) is 0.722. The number of ether oxygens (including phenoxy) is 1. The number of aryl methyl sites for hydroxylation is 1. The molecular weight excluding hydrogens is 204 g/mol. The Labute approximate surface area is 92.5 Å². The van der Waals surface area contributed by atoms with Crippen LogP contribution in [0.25, 0.3) is 10.9 Å². The minimum absolute atomic E-state index is 0.0522. The average molecular weight is 216 g/mol. The third-order valence-electron chi connectivity index (χ3n) is 3.02. The van der Waals surface area contributed by atoms with Crippen molar-refractivity contribution in [3.05, 3.63) is 34.4 Å². The lowest BCUT2D eigenvalue weighted by Crippen LogP contribution is -2.20. The van der Waals surface area contributed by atoms with Gasteiger partial charge >= 0.3 is 0 Å². The number of benzene rings is 1. The Morgan fingerprint density at radius 1 is 1.44 bits per heavy atom. The van der Waals surface area contributed by atoms with E-state index in [0.29, 0.717) is 11.1 Å². The van der Waals surface area contributed by atoms with E-state index in [1.54, 1.807) is 17.7 Å². The SMILES string of the molecule is COc1ccc2nc3n(c(=O)c2c1)CCC3. The second-order valence-corrected chi connectivity index (χ2v) is 3.97. The molecule has 0 radical (unpaired) electrons. The van der Waals surface area contributed by atoms with Crippen LogP contribution in [-0.2, 0) is 13.0 Å². The molecule has 0 saturated heterocycles. The molecular formula is C12H12N2O2. The van der Waals surface area contributed by atoms with E-state index >= 15 is 0 Å². The third kappa shape index (κ3) is 1.23. The lowest BCUT2D eigenvalue weighted by Gasteiger charge is -2.06. The predicted octanol–water partition coefficient (Wildman–Crippen LogP) is 1.35. The van der Waals surface area contributed by atoms with Crippen LogP contribution in [0, 0.1) is 0 Å². The van der Waals surface area contributed by atoms with Crippen molar-refractivity contribution in [3.63, 3.8) is 0 Å². The van der Waals surface area contributed by atoms with Gasteiger partial charge in [0, 0.05) is 13.0 Å². The maximum absolute atomic E-state index is 12.2. The van der Waals surface area contributed by atoms with Gasteiger partial charge in [0.05, 0.1) is 18.0 Å².